The van der Waals surface area contributed by atoms with Gasteiger partial charge in [0.1, 0.15) is 5.82 Å². The van der Waals surface area contributed by atoms with Crippen LogP contribution in [0.15, 0.2) is 63.6 Å². The molecule has 1 unspecified atom stereocenters. The Labute approximate surface area is 171 Å². The average Bonchev–Trinajstić information content (AvgIpc) is 3.34. The van der Waals surface area contributed by atoms with Crippen molar-refractivity contribution in [2.75, 3.05) is 13.1 Å². The zero-order chi connectivity index (χ0) is 20.5. The fourth-order valence-corrected chi connectivity index (χ4v) is 4.18. The maximum atomic E-state index is 4.45. The van der Waals surface area contributed by atoms with Gasteiger partial charge in [0.2, 0.25) is 0 Å². The summed E-state index contributed by atoms with van der Waals surface area (Å²) < 4.78 is 0. The van der Waals surface area contributed by atoms with E-state index in [1.54, 1.807) is 0 Å². The molecule has 2 aliphatic carbocycles. The fraction of sp³-hybridized carbons (Fsp3) is 0.560. The predicted octanol–water partition coefficient (Wildman–Crippen LogP) is 5.76. The van der Waals surface area contributed by atoms with Crippen LogP contribution in [0.25, 0.3) is 0 Å². The first kappa shape index (κ1) is 20.7. The Hall–Kier alpha value is -2.03. The Kier molecular flexibility index (Phi) is 6.02. The molecule has 0 aromatic heterocycles. The first-order valence-electron chi connectivity index (χ1n) is 10.7. The molecule has 0 aromatic rings. The zero-order valence-electron chi connectivity index (χ0n) is 18.4. The maximum Gasteiger partial charge on any atom is 0.129 e. The minimum atomic E-state index is 0.187. The van der Waals surface area contributed by atoms with Crippen LogP contribution in [0, 0.1) is 11.8 Å². The van der Waals surface area contributed by atoms with E-state index in [9.17, 15) is 0 Å². The molecule has 0 aromatic carbocycles. The van der Waals surface area contributed by atoms with Crippen LogP contribution >= 0.6 is 0 Å². The number of hydrogen-bond donors (Lipinski definition) is 1. The van der Waals surface area contributed by atoms with Gasteiger partial charge in [-0.3, -0.25) is 0 Å². The molecule has 0 radical (unpaired) electrons. The van der Waals surface area contributed by atoms with Crippen LogP contribution in [0.4, 0.5) is 0 Å². The van der Waals surface area contributed by atoms with Gasteiger partial charge < -0.3 is 10.2 Å². The van der Waals surface area contributed by atoms with Crippen molar-refractivity contribution in [2.24, 2.45) is 16.8 Å². The summed E-state index contributed by atoms with van der Waals surface area (Å²) in [7, 11) is 0. The summed E-state index contributed by atoms with van der Waals surface area (Å²) in [5.41, 5.74) is 6.48. The summed E-state index contributed by atoms with van der Waals surface area (Å²) in [6, 6.07) is 0. The maximum absolute atomic E-state index is 4.45. The van der Waals surface area contributed by atoms with Crippen molar-refractivity contribution >= 4 is 6.72 Å². The topological polar surface area (TPSA) is 27.6 Å². The van der Waals surface area contributed by atoms with Crippen molar-refractivity contribution in [3.63, 3.8) is 0 Å². The highest BCUT2D eigenvalue weighted by Gasteiger charge is 2.38. The molecule has 152 valence electrons. The van der Waals surface area contributed by atoms with E-state index in [4.69, 9.17) is 0 Å². The second-order valence-electron chi connectivity index (χ2n) is 9.47. The first-order valence-corrected chi connectivity index (χ1v) is 10.7. The van der Waals surface area contributed by atoms with E-state index >= 15 is 0 Å². The summed E-state index contributed by atoms with van der Waals surface area (Å²) in [6.07, 6.45) is 11.9. The van der Waals surface area contributed by atoms with E-state index in [0.29, 0.717) is 5.92 Å². The van der Waals surface area contributed by atoms with Crippen LogP contribution in [-0.2, 0) is 0 Å². The molecule has 1 aliphatic heterocycles. The first-order chi connectivity index (χ1) is 13.2. The highest BCUT2D eigenvalue weighted by molar-refractivity contribution is 5.50. The van der Waals surface area contributed by atoms with Gasteiger partial charge in [0.05, 0.1) is 0 Å². The molecule has 3 aliphatic rings. The lowest BCUT2D eigenvalue weighted by Gasteiger charge is -2.43. The van der Waals surface area contributed by atoms with E-state index < -0.39 is 0 Å². The summed E-state index contributed by atoms with van der Waals surface area (Å²) in [6.45, 7) is 21.4. The Balaban J connectivity index is 1.64. The number of aliphatic imine (C=N–C) groups is 1. The number of nitrogens with one attached hydrogen (secondary N) is 1. The molecule has 1 saturated heterocycles. The van der Waals surface area contributed by atoms with Gasteiger partial charge in [-0.2, -0.15) is 0 Å². The van der Waals surface area contributed by atoms with Gasteiger partial charge in [0.25, 0.3) is 0 Å². The van der Waals surface area contributed by atoms with E-state index in [-0.39, 0.29) is 5.54 Å². The minimum Gasteiger partial charge on any atom is -0.371 e. The lowest BCUT2D eigenvalue weighted by Crippen LogP contribution is -2.46. The third-order valence-corrected chi connectivity index (χ3v) is 6.35. The molecule has 1 heterocycles. The summed E-state index contributed by atoms with van der Waals surface area (Å²) in [4.78, 5) is 6.73. The Morgan fingerprint density at radius 1 is 1.29 bits per heavy atom. The molecule has 3 nitrogen and oxygen atoms in total. The summed E-state index contributed by atoms with van der Waals surface area (Å²) in [5, 5.41) is 3.59. The highest BCUT2D eigenvalue weighted by Crippen LogP contribution is 2.38. The van der Waals surface area contributed by atoms with Crippen molar-refractivity contribution in [1.82, 2.24) is 10.2 Å². The lowest BCUT2D eigenvalue weighted by atomic mass is 9.86. The van der Waals surface area contributed by atoms with Crippen molar-refractivity contribution in [3.8, 4) is 0 Å². The van der Waals surface area contributed by atoms with E-state index in [2.05, 4.69) is 81.4 Å². The van der Waals surface area contributed by atoms with E-state index in [0.717, 1.165) is 36.1 Å². The molecule has 0 amide bonds. The van der Waals surface area contributed by atoms with Crippen molar-refractivity contribution in [2.45, 2.75) is 65.8 Å². The largest absolute Gasteiger partial charge is 0.371 e. The SMILES string of the molecule is C=N/C(NC1(C)CC1)=C(\C)C(C(=C)N1CC(CC2=CCC(C)C=C2)C1)=C(C)C. The minimum absolute atomic E-state index is 0.187. The van der Waals surface area contributed by atoms with Crippen LogP contribution in [-0.4, -0.2) is 30.2 Å². The molecule has 28 heavy (non-hydrogen) atoms. The summed E-state index contributed by atoms with van der Waals surface area (Å²) in [5.74, 6) is 2.32. The second kappa shape index (κ2) is 8.14. The molecular weight excluding hydrogens is 342 g/mol. The third kappa shape index (κ3) is 4.68. The Morgan fingerprint density at radius 3 is 2.46 bits per heavy atom. The molecule has 3 heteroatoms. The molecule has 3 rings (SSSR count). The summed E-state index contributed by atoms with van der Waals surface area (Å²) >= 11 is 0. The van der Waals surface area contributed by atoms with Crippen molar-refractivity contribution in [1.29, 1.82) is 0 Å². The quantitative estimate of drug-likeness (QED) is 0.429. The van der Waals surface area contributed by atoms with Crippen molar-refractivity contribution < 1.29 is 0 Å². The third-order valence-electron chi connectivity index (χ3n) is 6.35. The molecular formula is C25H37N3. The fourth-order valence-electron chi connectivity index (χ4n) is 4.18. The van der Waals surface area contributed by atoms with Gasteiger partial charge in [0.15, 0.2) is 0 Å². The van der Waals surface area contributed by atoms with Crippen LogP contribution < -0.4 is 5.32 Å². The number of rotatable bonds is 8. The average molecular weight is 380 g/mol. The highest BCUT2D eigenvalue weighted by atomic mass is 15.2. The second-order valence-corrected chi connectivity index (χ2v) is 9.47. The normalized spacial score (nSPS) is 24.0. The van der Waals surface area contributed by atoms with Gasteiger partial charge >= 0.3 is 0 Å². The van der Waals surface area contributed by atoms with Gasteiger partial charge in [-0.1, -0.05) is 42.9 Å². The van der Waals surface area contributed by atoms with Crippen LogP contribution in [0.3, 0.4) is 0 Å². The van der Waals surface area contributed by atoms with E-state index in [1.165, 1.54) is 42.4 Å². The van der Waals surface area contributed by atoms with Crippen LogP contribution in [0.5, 0.6) is 0 Å². The molecule has 2 fully saturated rings. The van der Waals surface area contributed by atoms with E-state index in [1.807, 2.05) is 0 Å². The number of allylic oxidation sites excluding steroid dienone is 6. The lowest BCUT2D eigenvalue weighted by molar-refractivity contribution is 0.147. The monoisotopic (exact) mass is 379 g/mol. The number of likely N-dealkylation sites (tertiary alicyclic amines) is 1. The molecule has 1 saturated carbocycles. The number of hydrogen-bond acceptors (Lipinski definition) is 3. The smallest absolute Gasteiger partial charge is 0.129 e. The molecule has 0 bridgehead atoms. The predicted molar refractivity (Wildman–Crippen MR) is 121 cm³/mol. The molecule has 1 N–H and O–H groups in total. The van der Waals surface area contributed by atoms with Gasteiger partial charge in [-0.15, -0.1) is 0 Å². The zero-order valence-corrected chi connectivity index (χ0v) is 18.4. The Bertz CT molecular complexity index is 764. The van der Waals surface area contributed by atoms with Gasteiger partial charge in [0, 0.05) is 35.5 Å². The van der Waals surface area contributed by atoms with Gasteiger partial charge in [-0.25, -0.2) is 4.99 Å². The van der Waals surface area contributed by atoms with Gasteiger partial charge in [-0.05, 0) is 71.9 Å². The standard InChI is InChI=1S/C25H37N3/c1-17(2)23(19(4)24(26-7)27-25(6)12-13-25)20(5)28-15-22(16-28)14-21-10-8-18(3)9-11-21/h8,10-11,18,22,27H,5,7,9,12-16H2,1-4,6H3/b24-19-. The number of nitrogens with zero attached hydrogens (tertiary/aromatic N) is 2. The molecule has 1 atom stereocenters. The molecule has 0 spiro atoms. The van der Waals surface area contributed by atoms with Crippen LogP contribution in [0.1, 0.15) is 60.3 Å². The van der Waals surface area contributed by atoms with Crippen LogP contribution in [0.2, 0.25) is 0 Å². The Morgan fingerprint density at radius 2 is 1.96 bits per heavy atom. The van der Waals surface area contributed by atoms with Crippen molar-refractivity contribution in [3.05, 3.63) is 58.6 Å².